The first-order valence-corrected chi connectivity index (χ1v) is 4.14. The first kappa shape index (κ1) is 8.46. The van der Waals surface area contributed by atoms with Gasteiger partial charge in [-0.3, -0.25) is 4.98 Å². The van der Waals surface area contributed by atoms with Crippen molar-refractivity contribution in [3.05, 3.63) is 23.8 Å². The van der Waals surface area contributed by atoms with Gasteiger partial charge in [-0.1, -0.05) is 15.9 Å². The quantitative estimate of drug-likeness (QED) is 0.712. The number of pyridine rings is 1. The molecule has 4 heteroatoms. The van der Waals surface area contributed by atoms with E-state index in [1.807, 2.05) is 0 Å². The summed E-state index contributed by atoms with van der Waals surface area (Å²) in [5.41, 5.74) is 0.502. The van der Waals surface area contributed by atoms with E-state index in [2.05, 4.69) is 20.9 Å². The van der Waals surface area contributed by atoms with Gasteiger partial charge in [-0.05, 0) is 0 Å². The van der Waals surface area contributed by atoms with E-state index in [4.69, 9.17) is 4.74 Å². The minimum atomic E-state index is -0.346. The normalized spacial score (nSPS) is 9.73. The third-order valence-corrected chi connectivity index (χ3v) is 1.88. The van der Waals surface area contributed by atoms with E-state index in [9.17, 15) is 4.39 Å². The Kier molecular flexibility index (Phi) is 2.82. The maximum atomic E-state index is 12.9. The second-order valence-corrected chi connectivity index (χ2v) is 2.50. The number of halogens is 2. The lowest BCUT2D eigenvalue weighted by Crippen LogP contribution is -1.94. The lowest BCUT2D eigenvalue weighted by molar-refractivity contribution is 0.404. The Morgan fingerprint density at radius 3 is 2.82 bits per heavy atom. The Labute approximate surface area is 72.5 Å². The molecule has 0 aliphatic carbocycles. The smallest absolute Gasteiger partial charge is 0.149 e. The van der Waals surface area contributed by atoms with Gasteiger partial charge in [0.05, 0.1) is 19.5 Å². The summed E-state index contributed by atoms with van der Waals surface area (Å²) in [6, 6.07) is 0. The maximum absolute atomic E-state index is 12.9. The molecule has 1 heterocycles. The largest absolute Gasteiger partial charge is 0.495 e. The molecule has 0 amide bonds. The fourth-order valence-corrected chi connectivity index (χ4v) is 1.29. The van der Waals surface area contributed by atoms with Crippen molar-refractivity contribution < 1.29 is 9.13 Å². The molecule has 60 valence electrons. The molecule has 0 atom stereocenters. The van der Waals surface area contributed by atoms with Crippen LogP contribution >= 0.6 is 15.9 Å². The van der Waals surface area contributed by atoms with Crippen molar-refractivity contribution in [1.82, 2.24) is 4.98 Å². The topological polar surface area (TPSA) is 22.1 Å². The van der Waals surface area contributed by atoms with Crippen molar-refractivity contribution in [3.63, 3.8) is 0 Å². The minimum Gasteiger partial charge on any atom is -0.495 e. The summed E-state index contributed by atoms with van der Waals surface area (Å²) >= 11 is 3.15. The number of hydrogen-bond acceptors (Lipinski definition) is 2. The first-order chi connectivity index (χ1) is 5.29. The van der Waals surface area contributed by atoms with Crippen LogP contribution in [-0.2, 0) is 5.33 Å². The fraction of sp³-hybridized carbons (Fsp3) is 0.286. The average Bonchev–Trinajstić information content (AvgIpc) is 2.04. The molecule has 0 spiro atoms. The molecule has 0 saturated carbocycles. The second kappa shape index (κ2) is 3.67. The van der Waals surface area contributed by atoms with Gasteiger partial charge < -0.3 is 4.74 Å². The van der Waals surface area contributed by atoms with Crippen molar-refractivity contribution in [1.29, 1.82) is 0 Å². The maximum Gasteiger partial charge on any atom is 0.149 e. The predicted octanol–water partition coefficient (Wildman–Crippen LogP) is 2.12. The van der Waals surface area contributed by atoms with Crippen molar-refractivity contribution in [2.24, 2.45) is 0 Å². The van der Waals surface area contributed by atoms with Gasteiger partial charge in [0.25, 0.3) is 0 Å². The summed E-state index contributed by atoms with van der Waals surface area (Å²) in [6.07, 6.45) is 2.65. The van der Waals surface area contributed by atoms with Crippen LogP contribution in [0.5, 0.6) is 5.75 Å². The van der Waals surface area contributed by atoms with Gasteiger partial charge in [-0.2, -0.15) is 0 Å². The molecule has 0 saturated heterocycles. The van der Waals surface area contributed by atoms with E-state index in [0.29, 0.717) is 16.6 Å². The van der Waals surface area contributed by atoms with Crippen LogP contribution in [0.2, 0.25) is 0 Å². The van der Waals surface area contributed by atoms with Crippen molar-refractivity contribution >= 4 is 15.9 Å². The van der Waals surface area contributed by atoms with Crippen LogP contribution in [0.4, 0.5) is 4.39 Å². The Morgan fingerprint density at radius 1 is 1.64 bits per heavy atom. The predicted molar refractivity (Wildman–Crippen MR) is 43.4 cm³/mol. The van der Waals surface area contributed by atoms with Crippen molar-refractivity contribution in [2.45, 2.75) is 5.33 Å². The highest BCUT2D eigenvalue weighted by Crippen LogP contribution is 2.21. The van der Waals surface area contributed by atoms with E-state index in [1.54, 1.807) is 0 Å². The van der Waals surface area contributed by atoms with Gasteiger partial charge in [-0.15, -0.1) is 0 Å². The van der Waals surface area contributed by atoms with Gasteiger partial charge in [0.1, 0.15) is 11.6 Å². The molecule has 0 radical (unpaired) electrons. The minimum absolute atomic E-state index is 0.346. The number of methoxy groups -OCH3 is 1. The summed E-state index contributed by atoms with van der Waals surface area (Å²) in [5, 5.41) is 0.435. The molecular formula is C7H7BrFNO. The summed E-state index contributed by atoms with van der Waals surface area (Å²) in [6.45, 7) is 0. The lowest BCUT2D eigenvalue weighted by atomic mass is 10.3. The number of rotatable bonds is 2. The molecule has 0 aliphatic heterocycles. The molecule has 0 aliphatic rings. The average molecular weight is 220 g/mol. The SMILES string of the molecule is COc1cncc(F)c1CBr. The van der Waals surface area contributed by atoms with E-state index in [0.717, 1.165) is 0 Å². The molecule has 11 heavy (non-hydrogen) atoms. The van der Waals surface area contributed by atoms with E-state index < -0.39 is 0 Å². The van der Waals surface area contributed by atoms with E-state index in [1.165, 1.54) is 19.5 Å². The molecule has 1 aromatic rings. The molecule has 0 N–H and O–H groups in total. The van der Waals surface area contributed by atoms with Crippen LogP contribution in [0.15, 0.2) is 12.4 Å². The molecule has 2 nitrogen and oxygen atoms in total. The second-order valence-electron chi connectivity index (χ2n) is 1.94. The Morgan fingerprint density at radius 2 is 2.36 bits per heavy atom. The standard InChI is InChI=1S/C7H7BrFNO/c1-11-7-4-10-3-6(9)5(7)2-8/h3-4H,2H2,1H3. The first-order valence-electron chi connectivity index (χ1n) is 3.02. The van der Waals surface area contributed by atoms with Gasteiger partial charge in [0.15, 0.2) is 0 Å². The van der Waals surface area contributed by atoms with Gasteiger partial charge in [0, 0.05) is 10.9 Å². The third kappa shape index (κ3) is 1.68. The molecule has 0 bridgehead atoms. The van der Waals surface area contributed by atoms with Crippen LogP contribution in [0.1, 0.15) is 5.56 Å². The molecule has 0 aromatic carbocycles. The van der Waals surface area contributed by atoms with Crippen LogP contribution < -0.4 is 4.74 Å². The highest BCUT2D eigenvalue weighted by Gasteiger charge is 2.06. The van der Waals surface area contributed by atoms with Gasteiger partial charge in [0.2, 0.25) is 0 Å². The van der Waals surface area contributed by atoms with Crippen LogP contribution in [0.25, 0.3) is 0 Å². The monoisotopic (exact) mass is 219 g/mol. The number of alkyl halides is 1. The molecular weight excluding hydrogens is 213 g/mol. The number of aromatic nitrogens is 1. The Balaban J connectivity index is 3.13. The van der Waals surface area contributed by atoms with Crippen molar-refractivity contribution in [2.75, 3.05) is 7.11 Å². The molecule has 0 fully saturated rings. The molecule has 1 aromatic heterocycles. The fourth-order valence-electron chi connectivity index (χ4n) is 0.750. The molecule has 0 unspecified atom stereocenters. The zero-order chi connectivity index (χ0) is 8.27. The highest BCUT2D eigenvalue weighted by molar-refractivity contribution is 9.08. The van der Waals surface area contributed by atoms with Crippen LogP contribution in [0, 0.1) is 5.82 Å². The Bertz CT molecular complexity index is 254. The lowest BCUT2D eigenvalue weighted by Gasteiger charge is -2.04. The van der Waals surface area contributed by atoms with E-state index >= 15 is 0 Å². The number of nitrogens with zero attached hydrogens (tertiary/aromatic N) is 1. The number of ether oxygens (including phenoxy) is 1. The van der Waals surface area contributed by atoms with Gasteiger partial charge >= 0.3 is 0 Å². The number of hydrogen-bond donors (Lipinski definition) is 0. The Hall–Kier alpha value is -0.640. The summed E-state index contributed by atoms with van der Waals surface area (Å²) in [4.78, 5) is 3.64. The summed E-state index contributed by atoms with van der Waals surface area (Å²) in [5.74, 6) is 0.128. The van der Waals surface area contributed by atoms with Gasteiger partial charge in [-0.25, -0.2) is 4.39 Å². The van der Waals surface area contributed by atoms with Crippen molar-refractivity contribution in [3.8, 4) is 5.75 Å². The molecule has 1 rings (SSSR count). The van der Waals surface area contributed by atoms with Crippen LogP contribution in [0.3, 0.4) is 0 Å². The zero-order valence-corrected chi connectivity index (χ0v) is 7.56. The highest BCUT2D eigenvalue weighted by atomic mass is 79.9. The van der Waals surface area contributed by atoms with E-state index in [-0.39, 0.29) is 5.82 Å². The summed E-state index contributed by atoms with van der Waals surface area (Å²) in [7, 11) is 1.49. The third-order valence-electron chi connectivity index (χ3n) is 1.32. The zero-order valence-electron chi connectivity index (χ0n) is 5.97. The van der Waals surface area contributed by atoms with Crippen LogP contribution in [-0.4, -0.2) is 12.1 Å². The summed E-state index contributed by atoms with van der Waals surface area (Å²) < 4.78 is 17.7.